The van der Waals surface area contributed by atoms with Gasteiger partial charge in [-0.2, -0.15) is 5.26 Å². The molecule has 2 aromatic rings. The van der Waals surface area contributed by atoms with Gasteiger partial charge in [0.1, 0.15) is 5.65 Å². The zero-order valence-electron chi connectivity index (χ0n) is 10.7. The Morgan fingerprint density at radius 1 is 1.35 bits per heavy atom. The molecule has 0 N–H and O–H groups in total. The molecular formula is C14H17N3. The Labute approximate surface area is 102 Å². The van der Waals surface area contributed by atoms with E-state index in [-0.39, 0.29) is 5.92 Å². The first-order valence-corrected chi connectivity index (χ1v) is 5.92. The molecule has 0 bridgehead atoms. The Bertz CT molecular complexity index is 587. The van der Waals surface area contributed by atoms with E-state index in [0.29, 0.717) is 5.92 Å². The van der Waals surface area contributed by atoms with Crippen molar-refractivity contribution in [1.82, 2.24) is 9.38 Å². The lowest BCUT2D eigenvalue weighted by Crippen LogP contribution is -2.01. The number of hydrogen-bond donors (Lipinski definition) is 0. The summed E-state index contributed by atoms with van der Waals surface area (Å²) in [6.07, 6.45) is 2.01. The summed E-state index contributed by atoms with van der Waals surface area (Å²) in [5.74, 6) is 0.200. The number of hydrogen-bond acceptors (Lipinski definition) is 2. The van der Waals surface area contributed by atoms with E-state index in [1.165, 1.54) is 5.56 Å². The minimum atomic E-state index is -0.134. The summed E-state index contributed by atoms with van der Waals surface area (Å²) in [7, 11) is 0. The van der Waals surface area contributed by atoms with E-state index in [1.54, 1.807) is 0 Å². The van der Waals surface area contributed by atoms with E-state index in [0.717, 1.165) is 17.0 Å². The fourth-order valence-electron chi connectivity index (χ4n) is 2.10. The molecule has 0 saturated heterocycles. The van der Waals surface area contributed by atoms with Crippen molar-refractivity contribution in [2.24, 2.45) is 0 Å². The van der Waals surface area contributed by atoms with Crippen LogP contribution in [0.2, 0.25) is 0 Å². The number of rotatable bonds is 2. The molecule has 88 valence electrons. The van der Waals surface area contributed by atoms with Gasteiger partial charge in [-0.15, -0.1) is 0 Å². The summed E-state index contributed by atoms with van der Waals surface area (Å²) in [5, 5.41) is 9.14. The van der Waals surface area contributed by atoms with E-state index >= 15 is 0 Å². The molecule has 1 unspecified atom stereocenters. The van der Waals surface area contributed by atoms with Crippen LogP contribution in [0.1, 0.15) is 49.6 Å². The molecule has 17 heavy (non-hydrogen) atoms. The van der Waals surface area contributed by atoms with Gasteiger partial charge in [-0.05, 0) is 37.5 Å². The Morgan fingerprint density at radius 2 is 2.06 bits per heavy atom. The van der Waals surface area contributed by atoms with Crippen LogP contribution in [0.4, 0.5) is 0 Å². The molecule has 0 aliphatic rings. The SMILES string of the molecule is Cc1ccn2c(C(C)C#N)c(C(C)C)nc2c1. The van der Waals surface area contributed by atoms with Crippen LogP contribution in [0.5, 0.6) is 0 Å². The van der Waals surface area contributed by atoms with Crippen molar-refractivity contribution in [3.8, 4) is 6.07 Å². The van der Waals surface area contributed by atoms with Crippen molar-refractivity contribution in [2.45, 2.75) is 39.5 Å². The molecule has 0 radical (unpaired) electrons. The normalized spacial score (nSPS) is 12.9. The van der Waals surface area contributed by atoms with Gasteiger partial charge in [-0.25, -0.2) is 4.98 Å². The Balaban J connectivity index is 2.77. The molecule has 3 heteroatoms. The van der Waals surface area contributed by atoms with Gasteiger partial charge >= 0.3 is 0 Å². The molecule has 2 heterocycles. The molecule has 0 aliphatic heterocycles. The molecule has 0 spiro atoms. The lowest BCUT2D eigenvalue weighted by molar-refractivity contribution is 0.783. The van der Waals surface area contributed by atoms with E-state index in [2.05, 4.69) is 37.9 Å². The maximum absolute atomic E-state index is 9.14. The number of aromatic nitrogens is 2. The lowest BCUT2D eigenvalue weighted by Gasteiger charge is -2.08. The van der Waals surface area contributed by atoms with Crippen LogP contribution in [0.3, 0.4) is 0 Å². The smallest absolute Gasteiger partial charge is 0.137 e. The minimum Gasteiger partial charge on any atom is -0.302 e. The van der Waals surface area contributed by atoms with Gasteiger partial charge in [0.25, 0.3) is 0 Å². The predicted octanol–water partition coefficient (Wildman–Crippen LogP) is 3.39. The number of nitrogens with zero attached hydrogens (tertiary/aromatic N) is 3. The molecule has 3 nitrogen and oxygen atoms in total. The molecule has 0 saturated carbocycles. The van der Waals surface area contributed by atoms with Crippen molar-refractivity contribution in [1.29, 1.82) is 5.26 Å². The van der Waals surface area contributed by atoms with Crippen LogP contribution >= 0.6 is 0 Å². The van der Waals surface area contributed by atoms with Crippen LogP contribution in [0, 0.1) is 18.3 Å². The Hall–Kier alpha value is -1.82. The first-order valence-electron chi connectivity index (χ1n) is 5.92. The third-order valence-corrected chi connectivity index (χ3v) is 3.00. The average molecular weight is 227 g/mol. The van der Waals surface area contributed by atoms with Crippen molar-refractivity contribution in [3.63, 3.8) is 0 Å². The highest BCUT2D eigenvalue weighted by Crippen LogP contribution is 2.27. The van der Waals surface area contributed by atoms with Crippen molar-refractivity contribution >= 4 is 5.65 Å². The van der Waals surface area contributed by atoms with Crippen LogP contribution in [0.15, 0.2) is 18.3 Å². The molecule has 0 amide bonds. The van der Waals surface area contributed by atoms with E-state index in [4.69, 9.17) is 5.26 Å². The first-order chi connectivity index (χ1) is 8.04. The van der Waals surface area contributed by atoms with E-state index in [9.17, 15) is 0 Å². The van der Waals surface area contributed by atoms with Gasteiger partial charge in [0.2, 0.25) is 0 Å². The quantitative estimate of drug-likeness (QED) is 0.789. The summed E-state index contributed by atoms with van der Waals surface area (Å²) in [6.45, 7) is 8.21. The predicted molar refractivity (Wildman–Crippen MR) is 68.0 cm³/mol. The molecule has 0 aromatic carbocycles. The standard InChI is InChI=1S/C14H17N3/c1-9(2)13-14(11(4)8-15)17-6-5-10(3)7-12(17)16-13/h5-7,9,11H,1-4H3. The molecule has 0 fully saturated rings. The highest BCUT2D eigenvalue weighted by Gasteiger charge is 2.19. The van der Waals surface area contributed by atoms with Gasteiger partial charge in [0.15, 0.2) is 0 Å². The molecule has 0 aliphatic carbocycles. The summed E-state index contributed by atoms with van der Waals surface area (Å²) in [4.78, 5) is 4.65. The fourth-order valence-corrected chi connectivity index (χ4v) is 2.10. The monoisotopic (exact) mass is 227 g/mol. The first kappa shape index (κ1) is 11.7. The average Bonchev–Trinajstić information content (AvgIpc) is 2.66. The number of nitriles is 1. The van der Waals surface area contributed by atoms with Crippen molar-refractivity contribution in [2.75, 3.05) is 0 Å². The summed E-state index contributed by atoms with van der Waals surface area (Å²) in [5.41, 5.74) is 4.18. The molecule has 2 rings (SSSR count). The largest absolute Gasteiger partial charge is 0.302 e. The summed E-state index contributed by atoms with van der Waals surface area (Å²) < 4.78 is 2.04. The maximum atomic E-state index is 9.14. The second kappa shape index (κ2) is 4.21. The molecule has 1 atom stereocenters. The van der Waals surface area contributed by atoms with Gasteiger partial charge in [-0.1, -0.05) is 13.8 Å². The Morgan fingerprint density at radius 3 is 2.65 bits per heavy atom. The van der Waals surface area contributed by atoms with Crippen LogP contribution in [-0.4, -0.2) is 9.38 Å². The maximum Gasteiger partial charge on any atom is 0.137 e. The second-order valence-electron chi connectivity index (χ2n) is 4.82. The van der Waals surface area contributed by atoms with Gasteiger partial charge in [0.05, 0.1) is 23.4 Å². The minimum absolute atomic E-state index is 0.134. The van der Waals surface area contributed by atoms with Gasteiger partial charge in [-0.3, -0.25) is 0 Å². The zero-order valence-corrected chi connectivity index (χ0v) is 10.7. The molecular weight excluding hydrogens is 210 g/mol. The van der Waals surface area contributed by atoms with Gasteiger partial charge < -0.3 is 4.40 Å². The third kappa shape index (κ3) is 1.91. The number of fused-ring (bicyclic) bond motifs is 1. The van der Waals surface area contributed by atoms with Crippen LogP contribution in [0.25, 0.3) is 5.65 Å². The third-order valence-electron chi connectivity index (χ3n) is 3.00. The summed E-state index contributed by atoms with van der Waals surface area (Å²) >= 11 is 0. The number of pyridine rings is 1. The van der Waals surface area contributed by atoms with Crippen molar-refractivity contribution in [3.05, 3.63) is 35.3 Å². The van der Waals surface area contributed by atoms with Crippen LogP contribution < -0.4 is 0 Å². The highest BCUT2D eigenvalue weighted by molar-refractivity contribution is 5.48. The Kier molecular flexibility index (Phi) is 2.89. The summed E-state index contributed by atoms with van der Waals surface area (Å²) in [6, 6.07) is 6.41. The van der Waals surface area contributed by atoms with Gasteiger partial charge in [0, 0.05) is 6.20 Å². The highest BCUT2D eigenvalue weighted by atomic mass is 15.0. The van der Waals surface area contributed by atoms with E-state index in [1.807, 2.05) is 23.6 Å². The van der Waals surface area contributed by atoms with Crippen LogP contribution in [-0.2, 0) is 0 Å². The zero-order chi connectivity index (χ0) is 12.6. The topological polar surface area (TPSA) is 41.1 Å². The number of aryl methyl sites for hydroxylation is 1. The van der Waals surface area contributed by atoms with Crippen molar-refractivity contribution < 1.29 is 0 Å². The lowest BCUT2D eigenvalue weighted by atomic mass is 10.0. The molecule has 2 aromatic heterocycles. The fraction of sp³-hybridized carbons (Fsp3) is 0.429. The number of imidazole rings is 1. The second-order valence-corrected chi connectivity index (χ2v) is 4.82. The van der Waals surface area contributed by atoms with E-state index < -0.39 is 0 Å².